The van der Waals surface area contributed by atoms with Crippen molar-refractivity contribution < 1.29 is 19.4 Å². The zero-order chi connectivity index (χ0) is 17.3. The fourth-order valence-electron chi connectivity index (χ4n) is 2.05. The van der Waals surface area contributed by atoms with Gasteiger partial charge in [-0.3, -0.25) is 0 Å². The van der Waals surface area contributed by atoms with E-state index in [9.17, 15) is 9.59 Å². The first kappa shape index (κ1) is 16.2. The Kier molecular flexibility index (Phi) is 4.38. The molecule has 7 heteroatoms. The fourth-order valence-corrected chi connectivity index (χ4v) is 2.35. The number of benzene rings is 2. The second-order valence-corrected chi connectivity index (χ2v) is 5.71. The van der Waals surface area contributed by atoms with E-state index in [0.717, 1.165) is 0 Å². The normalized spacial score (nSPS) is 15.3. The molecule has 0 aromatic heterocycles. The van der Waals surface area contributed by atoms with Crippen molar-refractivity contribution in [1.82, 2.24) is 0 Å². The van der Waals surface area contributed by atoms with Crippen LogP contribution in [0.4, 0.5) is 0 Å². The molecule has 2 aromatic carbocycles. The minimum atomic E-state index is -1.04. The summed E-state index contributed by atoms with van der Waals surface area (Å²) >= 11 is 11.8. The first-order chi connectivity index (χ1) is 11.4. The van der Waals surface area contributed by atoms with Gasteiger partial charge in [0.15, 0.2) is 5.70 Å². The summed E-state index contributed by atoms with van der Waals surface area (Å²) in [4.78, 5) is 26.9. The molecular weight excluding hydrogens is 353 g/mol. The average Bonchev–Trinajstić information content (AvgIpc) is 2.92. The smallest absolute Gasteiger partial charge is 0.363 e. The summed E-state index contributed by atoms with van der Waals surface area (Å²) in [6, 6.07) is 10.8. The summed E-state index contributed by atoms with van der Waals surface area (Å²) in [7, 11) is 0. The molecule has 1 heterocycles. The van der Waals surface area contributed by atoms with Gasteiger partial charge in [-0.2, -0.15) is 0 Å². The van der Waals surface area contributed by atoms with E-state index in [0.29, 0.717) is 21.2 Å². The van der Waals surface area contributed by atoms with Crippen LogP contribution in [0.3, 0.4) is 0 Å². The topological polar surface area (TPSA) is 76.0 Å². The second kappa shape index (κ2) is 6.47. The van der Waals surface area contributed by atoms with E-state index < -0.39 is 11.9 Å². The van der Waals surface area contributed by atoms with Crippen molar-refractivity contribution in [3.05, 3.63) is 74.9 Å². The number of carbonyl (C=O) groups is 2. The summed E-state index contributed by atoms with van der Waals surface area (Å²) in [6.07, 6.45) is 1.53. The molecule has 0 fully saturated rings. The third-order valence-corrected chi connectivity index (χ3v) is 3.99. The van der Waals surface area contributed by atoms with Gasteiger partial charge < -0.3 is 9.84 Å². The zero-order valence-corrected chi connectivity index (χ0v) is 13.5. The number of rotatable bonds is 3. The third kappa shape index (κ3) is 3.32. The molecule has 0 bridgehead atoms. The van der Waals surface area contributed by atoms with Gasteiger partial charge in [0.25, 0.3) is 0 Å². The van der Waals surface area contributed by atoms with Gasteiger partial charge in [-0.25, -0.2) is 14.6 Å². The van der Waals surface area contributed by atoms with Crippen molar-refractivity contribution in [2.75, 3.05) is 0 Å². The molecule has 3 rings (SSSR count). The van der Waals surface area contributed by atoms with E-state index in [4.69, 9.17) is 33.0 Å². The average molecular weight is 362 g/mol. The number of carboxylic acids is 1. The van der Waals surface area contributed by atoms with Gasteiger partial charge in [-0.15, -0.1) is 0 Å². The minimum absolute atomic E-state index is 0.114. The summed E-state index contributed by atoms with van der Waals surface area (Å²) in [6.45, 7) is 0. The van der Waals surface area contributed by atoms with Gasteiger partial charge in [-0.05, 0) is 48.0 Å². The number of hydrogen-bond donors (Lipinski definition) is 1. The number of aliphatic imine (C=N–C) groups is 1. The van der Waals surface area contributed by atoms with Crippen LogP contribution in [0.2, 0.25) is 10.0 Å². The molecule has 0 saturated carbocycles. The number of hydrogen-bond acceptors (Lipinski definition) is 4. The minimum Gasteiger partial charge on any atom is -0.478 e. The van der Waals surface area contributed by atoms with Crippen molar-refractivity contribution in [3.63, 3.8) is 0 Å². The third-order valence-electron chi connectivity index (χ3n) is 3.25. The van der Waals surface area contributed by atoms with E-state index in [1.54, 1.807) is 18.2 Å². The number of ether oxygens (including phenoxy) is 1. The van der Waals surface area contributed by atoms with Gasteiger partial charge in [0.05, 0.1) is 15.6 Å². The Labute approximate surface area is 146 Å². The lowest BCUT2D eigenvalue weighted by Gasteiger charge is -1.99. The molecule has 2 aromatic rings. The molecule has 120 valence electrons. The standard InChI is InChI=1S/C17H9Cl2NO4/c18-12-6-1-9(7-13(12)19)8-14-17(23)24-15(20-14)10-2-4-11(5-3-10)16(21)22/h1-8H,(H,21,22)/b14-8+. The Bertz CT molecular complexity index is 901. The summed E-state index contributed by atoms with van der Waals surface area (Å²) in [5, 5.41) is 9.67. The highest BCUT2D eigenvalue weighted by molar-refractivity contribution is 6.42. The first-order valence-corrected chi connectivity index (χ1v) is 7.51. The van der Waals surface area contributed by atoms with Crippen molar-refractivity contribution in [2.24, 2.45) is 4.99 Å². The van der Waals surface area contributed by atoms with Crippen molar-refractivity contribution in [1.29, 1.82) is 0 Å². The number of nitrogens with zero attached hydrogens (tertiary/aromatic N) is 1. The van der Waals surface area contributed by atoms with E-state index >= 15 is 0 Å². The highest BCUT2D eigenvalue weighted by atomic mass is 35.5. The van der Waals surface area contributed by atoms with Crippen molar-refractivity contribution in [3.8, 4) is 0 Å². The summed E-state index contributed by atoms with van der Waals surface area (Å²) < 4.78 is 5.12. The molecule has 1 aliphatic rings. The number of halogens is 2. The van der Waals surface area contributed by atoms with E-state index in [1.807, 2.05) is 0 Å². The monoisotopic (exact) mass is 361 g/mol. The molecule has 1 aliphatic heterocycles. The molecule has 0 unspecified atom stereocenters. The molecule has 0 aliphatic carbocycles. The van der Waals surface area contributed by atoms with Gasteiger partial charge in [-0.1, -0.05) is 29.3 Å². The van der Waals surface area contributed by atoms with Crippen molar-refractivity contribution >= 4 is 47.1 Å². The zero-order valence-electron chi connectivity index (χ0n) is 12.0. The van der Waals surface area contributed by atoms with Gasteiger partial charge >= 0.3 is 11.9 Å². The molecule has 0 saturated heterocycles. The lowest BCUT2D eigenvalue weighted by Crippen LogP contribution is -2.06. The van der Waals surface area contributed by atoms with E-state index in [-0.39, 0.29) is 17.2 Å². The Balaban J connectivity index is 1.90. The van der Waals surface area contributed by atoms with E-state index in [2.05, 4.69) is 4.99 Å². The predicted octanol–water partition coefficient (Wildman–Crippen LogP) is 4.04. The lowest BCUT2D eigenvalue weighted by atomic mass is 10.1. The Hall–Kier alpha value is -2.63. The van der Waals surface area contributed by atoms with Crippen LogP contribution in [-0.4, -0.2) is 22.9 Å². The van der Waals surface area contributed by atoms with Crippen LogP contribution < -0.4 is 0 Å². The molecule has 5 nitrogen and oxygen atoms in total. The maximum absolute atomic E-state index is 11.9. The Morgan fingerprint density at radius 3 is 2.42 bits per heavy atom. The van der Waals surface area contributed by atoms with Crippen molar-refractivity contribution in [2.45, 2.75) is 0 Å². The molecule has 0 spiro atoms. The molecular formula is C17H9Cl2NO4. The molecule has 1 N–H and O–H groups in total. The SMILES string of the molecule is O=C1OC(c2ccc(C(=O)O)cc2)=N/C1=C/c1ccc(Cl)c(Cl)c1. The van der Waals surface area contributed by atoms with Gasteiger partial charge in [0.1, 0.15) is 0 Å². The van der Waals surface area contributed by atoms with Crippen LogP contribution in [0, 0.1) is 0 Å². The molecule has 24 heavy (non-hydrogen) atoms. The van der Waals surface area contributed by atoms with Crippen LogP contribution in [0.5, 0.6) is 0 Å². The van der Waals surface area contributed by atoms with Crippen LogP contribution in [0.1, 0.15) is 21.5 Å². The Morgan fingerprint density at radius 2 is 1.79 bits per heavy atom. The highest BCUT2D eigenvalue weighted by Crippen LogP contribution is 2.25. The van der Waals surface area contributed by atoms with E-state index in [1.165, 1.54) is 30.3 Å². The summed E-state index contributed by atoms with van der Waals surface area (Å²) in [5.74, 6) is -1.52. The first-order valence-electron chi connectivity index (χ1n) is 6.75. The second-order valence-electron chi connectivity index (χ2n) is 4.89. The van der Waals surface area contributed by atoms with Crippen LogP contribution >= 0.6 is 23.2 Å². The van der Waals surface area contributed by atoms with Gasteiger partial charge in [0.2, 0.25) is 5.90 Å². The predicted molar refractivity (Wildman–Crippen MR) is 90.5 cm³/mol. The van der Waals surface area contributed by atoms with Gasteiger partial charge in [0, 0.05) is 5.56 Å². The summed E-state index contributed by atoms with van der Waals surface area (Å²) in [5.41, 5.74) is 1.41. The number of esters is 1. The van der Waals surface area contributed by atoms with Crippen LogP contribution in [0.25, 0.3) is 6.08 Å². The Morgan fingerprint density at radius 1 is 1.08 bits per heavy atom. The number of cyclic esters (lactones) is 1. The molecule has 0 atom stereocenters. The number of carboxylic acid groups (broad SMARTS) is 1. The number of carbonyl (C=O) groups excluding carboxylic acids is 1. The maximum Gasteiger partial charge on any atom is 0.363 e. The molecule has 0 radical (unpaired) electrons. The molecule has 0 amide bonds. The quantitative estimate of drug-likeness (QED) is 0.661. The highest BCUT2D eigenvalue weighted by Gasteiger charge is 2.24. The van der Waals surface area contributed by atoms with Crippen LogP contribution in [-0.2, 0) is 9.53 Å². The maximum atomic E-state index is 11.9. The van der Waals surface area contributed by atoms with Crippen LogP contribution in [0.15, 0.2) is 53.2 Å². The number of aromatic carboxylic acids is 1. The fraction of sp³-hybridized carbons (Fsp3) is 0. The largest absolute Gasteiger partial charge is 0.478 e. The lowest BCUT2D eigenvalue weighted by molar-refractivity contribution is -0.129.